The van der Waals surface area contributed by atoms with E-state index in [2.05, 4.69) is 4.74 Å². The molecule has 0 fully saturated rings. The number of esters is 1. The van der Waals surface area contributed by atoms with Gasteiger partial charge in [-0.15, -0.1) is 0 Å². The zero-order valence-electron chi connectivity index (χ0n) is 6.16. The van der Waals surface area contributed by atoms with Crippen LogP contribution in [0.4, 0.5) is 0 Å². The lowest BCUT2D eigenvalue weighted by atomic mass is 10.3. The third-order valence-corrected chi connectivity index (χ3v) is 1.71. The molecule has 1 N–H and O–H groups in total. The number of aliphatic hydroxyl groups is 1. The van der Waals surface area contributed by atoms with Crippen LogP contribution in [0.15, 0.2) is 0 Å². The molecule has 0 aromatic heterocycles. The first-order valence-corrected chi connectivity index (χ1v) is 4.34. The molecule has 0 aromatic rings. The number of hydrogen-bond acceptors (Lipinski definition) is 4. The number of ether oxygens (including phenoxy) is 1. The smallest absolute Gasteiger partial charge is 0.308 e. The molecule has 0 saturated carbocycles. The van der Waals surface area contributed by atoms with E-state index in [9.17, 15) is 4.79 Å². The zero-order chi connectivity index (χ0) is 7.98. The average molecular weight is 164 g/mol. The third kappa shape index (κ3) is 4.64. The van der Waals surface area contributed by atoms with Gasteiger partial charge in [0.2, 0.25) is 0 Å². The lowest BCUT2D eigenvalue weighted by molar-refractivity contribution is -0.142. The molecule has 1 atom stereocenters. The summed E-state index contributed by atoms with van der Waals surface area (Å²) in [4.78, 5) is 10.5. The second-order valence-corrected chi connectivity index (χ2v) is 2.80. The second kappa shape index (κ2) is 5.56. The number of carbonyl (C=O) groups is 1. The number of carbonyl (C=O) groups excluding carboxylic acids is 1. The monoisotopic (exact) mass is 164 g/mol. The highest BCUT2D eigenvalue weighted by molar-refractivity contribution is 7.98. The lowest BCUT2D eigenvalue weighted by Gasteiger charge is -2.05. The van der Waals surface area contributed by atoms with Crippen molar-refractivity contribution in [3.63, 3.8) is 0 Å². The average Bonchev–Trinajstić information content (AvgIpc) is 1.88. The van der Waals surface area contributed by atoms with E-state index in [0.717, 1.165) is 0 Å². The molecule has 0 aliphatic rings. The molecule has 0 radical (unpaired) electrons. The van der Waals surface area contributed by atoms with Gasteiger partial charge in [0.05, 0.1) is 19.6 Å². The van der Waals surface area contributed by atoms with Gasteiger partial charge in [0.1, 0.15) is 0 Å². The van der Waals surface area contributed by atoms with Gasteiger partial charge in [-0.25, -0.2) is 0 Å². The molecule has 0 aromatic carbocycles. The van der Waals surface area contributed by atoms with E-state index in [-0.39, 0.29) is 12.4 Å². The summed E-state index contributed by atoms with van der Waals surface area (Å²) < 4.78 is 4.36. The Labute approximate surface area is 64.8 Å². The SMILES string of the molecule is COC(=O)C[C@H](O)CSC. The van der Waals surface area contributed by atoms with Crippen molar-refractivity contribution in [3.8, 4) is 0 Å². The van der Waals surface area contributed by atoms with Crippen molar-refractivity contribution in [3.05, 3.63) is 0 Å². The number of thioether (sulfide) groups is 1. The predicted octanol–water partition coefficient (Wildman–Crippen LogP) is 0.273. The van der Waals surface area contributed by atoms with Crippen molar-refractivity contribution in [2.75, 3.05) is 19.1 Å². The van der Waals surface area contributed by atoms with E-state index in [1.165, 1.54) is 18.9 Å². The summed E-state index contributed by atoms with van der Waals surface area (Å²) in [6.45, 7) is 0. The molecule has 0 amide bonds. The first-order chi connectivity index (χ1) is 4.70. The number of methoxy groups -OCH3 is 1. The number of hydrogen-bond donors (Lipinski definition) is 1. The summed E-state index contributed by atoms with van der Waals surface area (Å²) in [6.07, 6.45) is 1.40. The van der Waals surface area contributed by atoms with Crippen molar-refractivity contribution >= 4 is 17.7 Å². The Kier molecular flexibility index (Phi) is 5.43. The molecular weight excluding hydrogens is 152 g/mol. The van der Waals surface area contributed by atoms with Gasteiger partial charge >= 0.3 is 5.97 Å². The molecule has 10 heavy (non-hydrogen) atoms. The van der Waals surface area contributed by atoms with Crippen molar-refractivity contribution in [2.45, 2.75) is 12.5 Å². The minimum atomic E-state index is -0.567. The van der Waals surface area contributed by atoms with Gasteiger partial charge in [-0.2, -0.15) is 11.8 Å². The van der Waals surface area contributed by atoms with Crippen LogP contribution in [0.3, 0.4) is 0 Å². The molecule has 0 bridgehead atoms. The van der Waals surface area contributed by atoms with Crippen LogP contribution in [-0.2, 0) is 9.53 Å². The van der Waals surface area contributed by atoms with E-state index < -0.39 is 6.10 Å². The Morgan fingerprint density at radius 2 is 2.40 bits per heavy atom. The van der Waals surface area contributed by atoms with Crippen molar-refractivity contribution < 1.29 is 14.6 Å². The van der Waals surface area contributed by atoms with E-state index >= 15 is 0 Å². The van der Waals surface area contributed by atoms with Gasteiger partial charge in [0, 0.05) is 5.75 Å². The van der Waals surface area contributed by atoms with Gasteiger partial charge in [0.15, 0.2) is 0 Å². The fourth-order valence-electron chi connectivity index (χ4n) is 0.527. The highest BCUT2D eigenvalue weighted by atomic mass is 32.2. The minimum Gasteiger partial charge on any atom is -0.469 e. The second-order valence-electron chi connectivity index (χ2n) is 1.89. The highest BCUT2D eigenvalue weighted by Crippen LogP contribution is 2.01. The number of rotatable bonds is 4. The van der Waals surface area contributed by atoms with Crippen molar-refractivity contribution in [2.24, 2.45) is 0 Å². The maximum absolute atomic E-state index is 10.5. The largest absolute Gasteiger partial charge is 0.469 e. The Morgan fingerprint density at radius 1 is 1.80 bits per heavy atom. The summed E-state index contributed by atoms with van der Waals surface area (Å²) in [5.41, 5.74) is 0. The van der Waals surface area contributed by atoms with Crippen molar-refractivity contribution in [1.29, 1.82) is 0 Å². The summed E-state index contributed by atoms with van der Waals surface area (Å²) in [6, 6.07) is 0. The maximum Gasteiger partial charge on any atom is 0.308 e. The molecule has 0 saturated heterocycles. The zero-order valence-corrected chi connectivity index (χ0v) is 6.98. The molecule has 0 aliphatic carbocycles. The van der Waals surface area contributed by atoms with Gasteiger partial charge < -0.3 is 9.84 Å². The van der Waals surface area contributed by atoms with Crippen LogP contribution in [-0.4, -0.2) is 36.3 Å². The molecule has 3 nitrogen and oxygen atoms in total. The standard InChI is InChI=1S/C6H12O3S/c1-9-6(8)3-5(7)4-10-2/h5,7H,3-4H2,1-2H3/t5-/m0/s1. The predicted molar refractivity (Wildman–Crippen MR) is 41.0 cm³/mol. The third-order valence-electron chi connectivity index (χ3n) is 0.989. The Balaban J connectivity index is 3.37. The Hall–Kier alpha value is -0.220. The quantitative estimate of drug-likeness (QED) is 0.606. The Bertz CT molecular complexity index is 105. The van der Waals surface area contributed by atoms with Crippen LogP contribution < -0.4 is 0 Å². The fraction of sp³-hybridized carbons (Fsp3) is 0.833. The number of aliphatic hydroxyl groups excluding tert-OH is 1. The van der Waals surface area contributed by atoms with Gasteiger partial charge in [-0.3, -0.25) is 4.79 Å². The molecular formula is C6H12O3S. The molecule has 0 rings (SSSR count). The van der Waals surface area contributed by atoms with Gasteiger partial charge in [-0.05, 0) is 6.26 Å². The molecule has 0 aliphatic heterocycles. The normalized spacial score (nSPS) is 12.7. The molecule has 0 unspecified atom stereocenters. The fourth-order valence-corrected chi connectivity index (χ4v) is 1.03. The van der Waals surface area contributed by atoms with E-state index in [1.54, 1.807) is 0 Å². The Morgan fingerprint density at radius 3 is 2.80 bits per heavy atom. The van der Waals surface area contributed by atoms with Crippen LogP contribution in [0.5, 0.6) is 0 Å². The summed E-state index contributed by atoms with van der Waals surface area (Å²) in [7, 11) is 1.31. The molecule has 4 heteroatoms. The first-order valence-electron chi connectivity index (χ1n) is 2.94. The highest BCUT2D eigenvalue weighted by Gasteiger charge is 2.08. The van der Waals surface area contributed by atoms with Crippen LogP contribution in [0.1, 0.15) is 6.42 Å². The summed E-state index contributed by atoms with van der Waals surface area (Å²) in [5, 5.41) is 9.03. The first kappa shape index (κ1) is 9.78. The van der Waals surface area contributed by atoms with Gasteiger partial charge in [-0.1, -0.05) is 0 Å². The van der Waals surface area contributed by atoms with Gasteiger partial charge in [0.25, 0.3) is 0 Å². The van der Waals surface area contributed by atoms with Crippen molar-refractivity contribution in [1.82, 2.24) is 0 Å². The maximum atomic E-state index is 10.5. The van der Waals surface area contributed by atoms with Crippen LogP contribution in [0.2, 0.25) is 0 Å². The summed E-state index contributed by atoms with van der Waals surface area (Å²) >= 11 is 1.50. The molecule has 0 heterocycles. The van der Waals surface area contributed by atoms with E-state index in [1.807, 2.05) is 6.26 Å². The lowest BCUT2D eigenvalue weighted by Crippen LogP contribution is -2.16. The van der Waals surface area contributed by atoms with Crippen LogP contribution >= 0.6 is 11.8 Å². The van der Waals surface area contributed by atoms with Crippen LogP contribution in [0.25, 0.3) is 0 Å². The molecule has 0 spiro atoms. The topological polar surface area (TPSA) is 46.5 Å². The van der Waals surface area contributed by atoms with E-state index in [0.29, 0.717) is 5.75 Å². The molecule has 60 valence electrons. The minimum absolute atomic E-state index is 0.0946. The summed E-state index contributed by atoms with van der Waals surface area (Å²) in [5.74, 6) is 0.219. The van der Waals surface area contributed by atoms with E-state index in [4.69, 9.17) is 5.11 Å². The van der Waals surface area contributed by atoms with Crippen LogP contribution in [0, 0.1) is 0 Å².